The van der Waals surface area contributed by atoms with Gasteiger partial charge in [-0.25, -0.2) is 4.79 Å². The first kappa shape index (κ1) is 26.5. The Bertz CT molecular complexity index is 879. The molecule has 35 heavy (non-hydrogen) atoms. The monoisotopic (exact) mass is 476 g/mol. The highest BCUT2D eigenvalue weighted by molar-refractivity contribution is 5.63. The molecule has 0 unspecified atom stereocenters. The Morgan fingerprint density at radius 2 is 1.06 bits per heavy atom. The van der Waals surface area contributed by atoms with Crippen molar-refractivity contribution in [3.63, 3.8) is 0 Å². The van der Waals surface area contributed by atoms with Gasteiger partial charge in [0.25, 0.3) is 0 Å². The fraction of sp³-hybridized carbons (Fsp3) is 0.367. The molecule has 0 atom stereocenters. The summed E-state index contributed by atoms with van der Waals surface area (Å²) in [7, 11) is 0. The van der Waals surface area contributed by atoms with E-state index in [1.165, 1.54) is 11.1 Å². The molecule has 3 rings (SSSR count). The lowest BCUT2D eigenvalue weighted by Crippen LogP contribution is -2.21. The summed E-state index contributed by atoms with van der Waals surface area (Å²) in [6, 6.07) is 29.3. The second-order valence-electron chi connectivity index (χ2n) is 8.47. The third-order valence-electron chi connectivity index (χ3n) is 5.56. The number of carbonyl (C=O) groups excluding carboxylic acids is 1. The van der Waals surface area contributed by atoms with E-state index in [9.17, 15) is 4.79 Å². The summed E-state index contributed by atoms with van der Waals surface area (Å²) < 4.78 is 22.5. The van der Waals surface area contributed by atoms with Crippen molar-refractivity contribution in [1.29, 1.82) is 0 Å². The normalized spacial score (nSPS) is 10.9. The van der Waals surface area contributed by atoms with Gasteiger partial charge in [0.2, 0.25) is 0 Å². The van der Waals surface area contributed by atoms with Gasteiger partial charge in [-0.2, -0.15) is 0 Å². The zero-order valence-corrected chi connectivity index (χ0v) is 20.3. The van der Waals surface area contributed by atoms with Crippen molar-refractivity contribution in [1.82, 2.24) is 0 Å². The molecular formula is C30H36O5. The first-order chi connectivity index (χ1) is 17.3. The number of ether oxygens (including phenoxy) is 4. The molecule has 0 heterocycles. The summed E-state index contributed by atoms with van der Waals surface area (Å²) >= 11 is 0. The van der Waals surface area contributed by atoms with E-state index in [4.69, 9.17) is 18.9 Å². The fourth-order valence-corrected chi connectivity index (χ4v) is 3.69. The van der Waals surface area contributed by atoms with Crippen LogP contribution < -0.4 is 4.74 Å². The van der Waals surface area contributed by atoms with Crippen LogP contribution in [0.4, 0.5) is 4.79 Å². The maximum Gasteiger partial charge on any atom is 0.514 e. The maximum atomic E-state index is 12.3. The average Bonchev–Trinajstić information content (AvgIpc) is 2.89. The highest BCUT2D eigenvalue weighted by atomic mass is 16.7. The largest absolute Gasteiger partial charge is 0.514 e. The van der Waals surface area contributed by atoms with Crippen LogP contribution in [0.3, 0.4) is 0 Å². The van der Waals surface area contributed by atoms with Gasteiger partial charge in [-0.1, -0.05) is 78.9 Å². The Balaban J connectivity index is 1.34. The molecule has 3 aromatic rings. The molecule has 0 fully saturated rings. The van der Waals surface area contributed by atoms with Crippen LogP contribution in [0.5, 0.6) is 5.75 Å². The highest BCUT2D eigenvalue weighted by Gasteiger charge is 2.16. The summed E-state index contributed by atoms with van der Waals surface area (Å²) in [4.78, 5) is 12.3. The lowest BCUT2D eigenvalue weighted by molar-refractivity contribution is 0.0445. The molecular weight excluding hydrogens is 440 g/mol. The van der Waals surface area contributed by atoms with Crippen molar-refractivity contribution in [2.75, 3.05) is 13.2 Å². The molecule has 0 N–H and O–H groups in total. The van der Waals surface area contributed by atoms with Gasteiger partial charge in [0.05, 0.1) is 13.2 Å². The van der Waals surface area contributed by atoms with E-state index in [-0.39, 0.29) is 6.10 Å². The number of benzene rings is 3. The molecule has 0 bridgehead atoms. The molecule has 0 saturated carbocycles. The van der Waals surface area contributed by atoms with E-state index in [0.717, 1.165) is 38.5 Å². The Kier molecular flexibility index (Phi) is 12.5. The first-order valence-corrected chi connectivity index (χ1v) is 12.5. The van der Waals surface area contributed by atoms with E-state index in [1.54, 1.807) is 12.1 Å². The Morgan fingerprint density at radius 3 is 1.54 bits per heavy atom. The molecule has 0 radical (unpaired) electrons. The van der Waals surface area contributed by atoms with Crippen LogP contribution in [-0.2, 0) is 27.4 Å². The van der Waals surface area contributed by atoms with Crippen molar-refractivity contribution in [2.24, 2.45) is 0 Å². The van der Waals surface area contributed by atoms with Gasteiger partial charge in [0.15, 0.2) is 0 Å². The predicted octanol–water partition coefficient (Wildman–Crippen LogP) is 7.34. The standard InChI is InChI=1S/C30H36O5/c31-30(34-28-18-8-3-9-19-28)35-29(20-10-12-22-32-24-26-14-4-1-5-15-26)21-11-13-23-33-25-27-16-6-2-7-17-27/h1-9,14-19,29H,10-13,20-25H2. The number of hydrogen-bond acceptors (Lipinski definition) is 5. The highest BCUT2D eigenvalue weighted by Crippen LogP contribution is 2.16. The fourth-order valence-electron chi connectivity index (χ4n) is 3.69. The van der Waals surface area contributed by atoms with Crippen molar-refractivity contribution in [2.45, 2.75) is 57.8 Å². The van der Waals surface area contributed by atoms with E-state index in [0.29, 0.717) is 32.2 Å². The number of hydrogen-bond donors (Lipinski definition) is 0. The quantitative estimate of drug-likeness (QED) is 0.123. The molecule has 0 saturated heterocycles. The summed E-state index contributed by atoms with van der Waals surface area (Å²) in [5.74, 6) is 0.486. The Morgan fingerprint density at radius 1 is 0.600 bits per heavy atom. The summed E-state index contributed by atoms with van der Waals surface area (Å²) in [6.07, 6.45) is 4.40. The van der Waals surface area contributed by atoms with E-state index >= 15 is 0 Å². The lowest BCUT2D eigenvalue weighted by Gasteiger charge is -2.18. The Hall–Kier alpha value is -3.15. The van der Waals surface area contributed by atoms with Crippen molar-refractivity contribution >= 4 is 6.16 Å². The molecule has 0 amide bonds. The maximum absolute atomic E-state index is 12.3. The van der Waals surface area contributed by atoms with Crippen molar-refractivity contribution < 1.29 is 23.7 Å². The van der Waals surface area contributed by atoms with Crippen molar-refractivity contribution in [3.05, 3.63) is 102 Å². The smallest absolute Gasteiger partial charge is 0.431 e. The van der Waals surface area contributed by atoms with Crippen LogP contribution in [0.1, 0.15) is 49.7 Å². The summed E-state index contributed by atoms with van der Waals surface area (Å²) in [5.41, 5.74) is 2.35. The molecule has 5 heteroatoms. The van der Waals surface area contributed by atoms with Gasteiger partial charge in [-0.15, -0.1) is 0 Å². The van der Waals surface area contributed by atoms with Crippen LogP contribution in [0.2, 0.25) is 0 Å². The summed E-state index contributed by atoms with van der Waals surface area (Å²) in [6.45, 7) is 2.60. The van der Waals surface area contributed by atoms with Gasteiger partial charge in [-0.3, -0.25) is 0 Å². The molecule has 0 aliphatic carbocycles. The minimum Gasteiger partial charge on any atom is -0.431 e. The van der Waals surface area contributed by atoms with Crippen LogP contribution in [0.25, 0.3) is 0 Å². The number of carbonyl (C=O) groups is 1. The SMILES string of the molecule is O=C(Oc1ccccc1)OC(CCCCOCc1ccccc1)CCCCOCc1ccccc1. The number of rotatable bonds is 16. The zero-order valence-electron chi connectivity index (χ0n) is 20.3. The molecule has 0 spiro atoms. The first-order valence-electron chi connectivity index (χ1n) is 12.5. The average molecular weight is 477 g/mol. The summed E-state index contributed by atoms with van der Waals surface area (Å²) in [5, 5.41) is 0. The third kappa shape index (κ3) is 11.7. The number of para-hydroxylation sites is 1. The van der Waals surface area contributed by atoms with E-state index < -0.39 is 6.16 Å². The molecule has 0 aromatic heterocycles. The second kappa shape index (κ2) is 16.5. The third-order valence-corrected chi connectivity index (χ3v) is 5.56. The molecule has 0 aliphatic heterocycles. The minimum absolute atomic E-state index is 0.186. The molecule has 186 valence electrons. The van der Waals surface area contributed by atoms with Crippen LogP contribution >= 0.6 is 0 Å². The topological polar surface area (TPSA) is 54.0 Å². The van der Waals surface area contributed by atoms with Crippen LogP contribution in [0, 0.1) is 0 Å². The molecule has 5 nitrogen and oxygen atoms in total. The van der Waals surface area contributed by atoms with Gasteiger partial charge >= 0.3 is 6.16 Å². The van der Waals surface area contributed by atoms with Gasteiger partial charge in [0.1, 0.15) is 11.9 Å². The predicted molar refractivity (Wildman–Crippen MR) is 137 cm³/mol. The van der Waals surface area contributed by atoms with Crippen LogP contribution in [0.15, 0.2) is 91.0 Å². The van der Waals surface area contributed by atoms with E-state index in [1.807, 2.05) is 54.6 Å². The van der Waals surface area contributed by atoms with E-state index in [2.05, 4.69) is 24.3 Å². The van der Waals surface area contributed by atoms with Crippen molar-refractivity contribution in [3.8, 4) is 5.75 Å². The van der Waals surface area contributed by atoms with Crippen LogP contribution in [-0.4, -0.2) is 25.5 Å². The number of unbranched alkanes of at least 4 members (excludes halogenated alkanes) is 2. The second-order valence-corrected chi connectivity index (χ2v) is 8.47. The zero-order chi connectivity index (χ0) is 24.4. The van der Waals surface area contributed by atoms with Gasteiger partial charge in [-0.05, 0) is 61.8 Å². The Labute approximate surface area is 209 Å². The van der Waals surface area contributed by atoms with Gasteiger partial charge < -0.3 is 18.9 Å². The minimum atomic E-state index is -0.651. The lowest BCUT2D eigenvalue weighted by atomic mass is 10.1. The molecule has 3 aromatic carbocycles. The molecule has 0 aliphatic rings. The van der Waals surface area contributed by atoms with Gasteiger partial charge in [0, 0.05) is 13.2 Å².